The van der Waals surface area contributed by atoms with Gasteiger partial charge in [0.1, 0.15) is 5.15 Å². The van der Waals surface area contributed by atoms with Gasteiger partial charge in [-0.1, -0.05) is 23.2 Å². The van der Waals surface area contributed by atoms with E-state index in [1.165, 1.54) is 6.20 Å². The van der Waals surface area contributed by atoms with Crippen molar-refractivity contribution in [3.63, 3.8) is 0 Å². The van der Waals surface area contributed by atoms with Gasteiger partial charge >= 0.3 is 0 Å². The topological polar surface area (TPSA) is 68.0 Å². The molecule has 0 bridgehead atoms. The van der Waals surface area contributed by atoms with Gasteiger partial charge in [0.05, 0.1) is 5.56 Å². The Morgan fingerprint density at radius 1 is 1.33 bits per heavy atom. The van der Waals surface area contributed by atoms with Crippen molar-refractivity contribution in [3.8, 4) is 0 Å². The summed E-state index contributed by atoms with van der Waals surface area (Å²) in [6.07, 6.45) is 1.53. The maximum Gasteiger partial charge on any atom is 0.257 e. The molecule has 0 aliphatic rings. The summed E-state index contributed by atoms with van der Waals surface area (Å²) in [7, 11) is 0. The average molecular weight is 262 g/mol. The van der Waals surface area contributed by atoms with Gasteiger partial charge in [-0.3, -0.25) is 4.79 Å². The molecule has 0 saturated heterocycles. The molecule has 0 aliphatic heterocycles. The number of nitrogen functional groups attached to an aromatic ring is 1. The normalized spacial score (nSPS) is 10.1. The van der Waals surface area contributed by atoms with Crippen LogP contribution in [0, 0.1) is 6.92 Å². The first-order valence-corrected chi connectivity index (χ1v) is 5.73. The van der Waals surface area contributed by atoms with Gasteiger partial charge in [0.2, 0.25) is 0 Å². The summed E-state index contributed by atoms with van der Waals surface area (Å²) in [6, 6.07) is 8.55. The predicted molar refractivity (Wildman–Crippen MR) is 72.8 cm³/mol. The van der Waals surface area contributed by atoms with Crippen LogP contribution in [-0.4, -0.2) is 10.9 Å². The maximum absolute atomic E-state index is 12.0. The predicted octanol–water partition coefficient (Wildman–Crippen LogP) is 2.88. The Kier molecular flexibility index (Phi) is 3.48. The highest BCUT2D eigenvalue weighted by Gasteiger charge is 2.10. The van der Waals surface area contributed by atoms with Gasteiger partial charge in [0.15, 0.2) is 0 Å². The molecular formula is C13H12ClN3O. The van der Waals surface area contributed by atoms with E-state index >= 15 is 0 Å². The second-order valence-electron chi connectivity index (χ2n) is 3.91. The molecule has 3 N–H and O–H groups in total. The molecule has 0 atom stereocenters. The number of nitrogens with zero attached hydrogens (tertiary/aromatic N) is 1. The number of hydrogen-bond donors (Lipinski definition) is 2. The van der Waals surface area contributed by atoms with E-state index in [0.717, 1.165) is 5.56 Å². The minimum Gasteiger partial charge on any atom is -0.398 e. The van der Waals surface area contributed by atoms with Crippen molar-refractivity contribution in [1.82, 2.24) is 4.98 Å². The van der Waals surface area contributed by atoms with Gasteiger partial charge in [-0.15, -0.1) is 0 Å². The largest absolute Gasteiger partial charge is 0.398 e. The zero-order chi connectivity index (χ0) is 13.1. The number of halogens is 1. The second-order valence-corrected chi connectivity index (χ2v) is 4.30. The van der Waals surface area contributed by atoms with E-state index in [1.807, 2.05) is 13.0 Å². The number of anilines is 2. The number of carbonyl (C=O) groups is 1. The Morgan fingerprint density at radius 2 is 2.11 bits per heavy atom. The van der Waals surface area contributed by atoms with Crippen molar-refractivity contribution in [2.24, 2.45) is 0 Å². The Hall–Kier alpha value is -2.07. The molecule has 0 fully saturated rings. The lowest BCUT2D eigenvalue weighted by atomic mass is 10.1. The molecule has 92 valence electrons. The number of nitrogens with one attached hydrogen (secondary N) is 1. The number of rotatable bonds is 2. The summed E-state index contributed by atoms with van der Waals surface area (Å²) < 4.78 is 0. The van der Waals surface area contributed by atoms with Crippen molar-refractivity contribution in [3.05, 3.63) is 52.8 Å². The number of amides is 1. The van der Waals surface area contributed by atoms with E-state index in [2.05, 4.69) is 10.3 Å². The Balaban J connectivity index is 2.24. The summed E-state index contributed by atoms with van der Waals surface area (Å²) in [5.41, 5.74) is 8.22. The highest BCUT2D eigenvalue weighted by Crippen LogP contribution is 2.17. The van der Waals surface area contributed by atoms with Gasteiger partial charge in [-0.2, -0.15) is 0 Å². The Labute approximate surface area is 110 Å². The van der Waals surface area contributed by atoms with Crippen LogP contribution in [0.15, 0.2) is 36.5 Å². The van der Waals surface area contributed by atoms with Crippen molar-refractivity contribution in [1.29, 1.82) is 0 Å². The first-order chi connectivity index (χ1) is 8.56. The highest BCUT2D eigenvalue weighted by molar-refractivity contribution is 6.29. The third-order valence-corrected chi connectivity index (χ3v) is 2.64. The minimum atomic E-state index is -0.265. The first kappa shape index (κ1) is 12.4. The van der Waals surface area contributed by atoms with Crippen LogP contribution in [0.2, 0.25) is 5.15 Å². The summed E-state index contributed by atoms with van der Waals surface area (Å²) in [4.78, 5) is 15.9. The third-order valence-electron chi connectivity index (χ3n) is 2.44. The second kappa shape index (κ2) is 5.06. The van der Waals surface area contributed by atoms with Gasteiger partial charge in [0.25, 0.3) is 5.91 Å². The van der Waals surface area contributed by atoms with Gasteiger partial charge in [-0.25, -0.2) is 4.98 Å². The van der Waals surface area contributed by atoms with Gasteiger partial charge < -0.3 is 11.1 Å². The lowest BCUT2D eigenvalue weighted by Crippen LogP contribution is -2.14. The lowest BCUT2D eigenvalue weighted by Gasteiger charge is -2.08. The van der Waals surface area contributed by atoms with Crippen molar-refractivity contribution in [2.75, 3.05) is 11.1 Å². The van der Waals surface area contributed by atoms with Crippen molar-refractivity contribution >= 4 is 28.9 Å². The molecule has 0 radical (unpaired) electrons. The maximum atomic E-state index is 12.0. The summed E-state index contributed by atoms with van der Waals surface area (Å²) in [5, 5.41) is 3.05. The number of carbonyl (C=O) groups excluding carboxylic acids is 1. The smallest absolute Gasteiger partial charge is 0.257 e. The van der Waals surface area contributed by atoms with Crippen LogP contribution >= 0.6 is 11.6 Å². The van der Waals surface area contributed by atoms with E-state index in [-0.39, 0.29) is 5.91 Å². The van der Waals surface area contributed by atoms with Gasteiger partial charge in [-0.05, 0) is 31.2 Å². The molecular weight excluding hydrogens is 250 g/mol. The van der Waals surface area contributed by atoms with Crippen LogP contribution < -0.4 is 11.1 Å². The molecule has 0 unspecified atom stereocenters. The van der Waals surface area contributed by atoms with Crippen LogP contribution in [0.3, 0.4) is 0 Å². The number of pyridine rings is 1. The number of benzene rings is 1. The quantitative estimate of drug-likeness (QED) is 0.645. The molecule has 1 aromatic heterocycles. The van der Waals surface area contributed by atoms with Crippen LogP contribution in [0.1, 0.15) is 15.9 Å². The standard InChI is InChI=1S/C13H12ClN3O/c1-8-2-3-11(15)10(6-8)13(18)17-9-4-5-16-12(14)7-9/h2-7H,15H2,1H3,(H,16,17,18). The lowest BCUT2D eigenvalue weighted by molar-refractivity contribution is 0.102. The average Bonchev–Trinajstić information content (AvgIpc) is 2.32. The summed E-state index contributed by atoms with van der Waals surface area (Å²) in [5.74, 6) is -0.265. The highest BCUT2D eigenvalue weighted by atomic mass is 35.5. The number of nitrogens with two attached hydrogens (primary N) is 1. The molecule has 2 aromatic rings. The van der Waals surface area contributed by atoms with Crippen molar-refractivity contribution in [2.45, 2.75) is 6.92 Å². The fourth-order valence-electron chi connectivity index (χ4n) is 1.55. The molecule has 1 aromatic carbocycles. The summed E-state index contributed by atoms with van der Waals surface area (Å²) >= 11 is 5.74. The van der Waals surface area contributed by atoms with E-state index in [0.29, 0.717) is 22.1 Å². The van der Waals surface area contributed by atoms with E-state index in [4.69, 9.17) is 17.3 Å². The molecule has 2 rings (SSSR count). The third kappa shape index (κ3) is 2.78. The van der Waals surface area contributed by atoms with Gasteiger partial charge in [0, 0.05) is 17.6 Å². The Morgan fingerprint density at radius 3 is 2.83 bits per heavy atom. The number of hydrogen-bond acceptors (Lipinski definition) is 3. The zero-order valence-corrected chi connectivity index (χ0v) is 10.5. The van der Waals surface area contributed by atoms with E-state index in [1.54, 1.807) is 24.3 Å². The molecule has 5 heteroatoms. The SMILES string of the molecule is Cc1ccc(N)c(C(=O)Nc2ccnc(Cl)c2)c1. The van der Waals surface area contributed by atoms with Crippen LogP contribution in [0.25, 0.3) is 0 Å². The fourth-order valence-corrected chi connectivity index (χ4v) is 1.72. The van der Waals surface area contributed by atoms with Crippen molar-refractivity contribution < 1.29 is 4.79 Å². The number of aromatic nitrogens is 1. The molecule has 0 spiro atoms. The zero-order valence-electron chi connectivity index (χ0n) is 9.77. The fraction of sp³-hybridized carbons (Fsp3) is 0.0769. The molecule has 1 amide bonds. The number of aryl methyl sites for hydroxylation is 1. The van der Waals surface area contributed by atoms with Crippen LogP contribution in [0.4, 0.5) is 11.4 Å². The monoisotopic (exact) mass is 261 g/mol. The summed E-state index contributed by atoms with van der Waals surface area (Å²) in [6.45, 7) is 1.90. The molecule has 0 aliphatic carbocycles. The van der Waals surface area contributed by atoms with E-state index < -0.39 is 0 Å². The Bertz CT molecular complexity index is 599. The minimum absolute atomic E-state index is 0.265. The molecule has 0 saturated carbocycles. The molecule has 18 heavy (non-hydrogen) atoms. The molecule has 1 heterocycles. The van der Waals surface area contributed by atoms with Crippen LogP contribution in [0.5, 0.6) is 0 Å². The first-order valence-electron chi connectivity index (χ1n) is 5.35. The van der Waals surface area contributed by atoms with Crippen LogP contribution in [-0.2, 0) is 0 Å². The van der Waals surface area contributed by atoms with E-state index in [9.17, 15) is 4.79 Å². The molecule has 4 nitrogen and oxygen atoms in total.